The highest BCUT2D eigenvalue weighted by molar-refractivity contribution is 9.10. The van der Waals surface area contributed by atoms with Crippen molar-refractivity contribution in [3.63, 3.8) is 0 Å². The van der Waals surface area contributed by atoms with Crippen molar-refractivity contribution in [3.8, 4) is 0 Å². The fourth-order valence-electron chi connectivity index (χ4n) is 2.12. The maximum Gasteiger partial charge on any atom is 0.125 e. The molecule has 2 aromatic rings. The van der Waals surface area contributed by atoms with E-state index in [1.165, 1.54) is 5.56 Å². The van der Waals surface area contributed by atoms with Crippen molar-refractivity contribution in [2.75, 3.05) is 0 Å². The summed E-state index contributed by atoms with van der Waals surface area (Å²) >= 11 is 3.50. The molecule has 0 aliphatic carbocycles. The van der Waals surface area contributed by atoms with Crippen LogP contribution < -0.4 is 5.32 Å². The van der Waals surface area contributed by atoms with E-state index in [9.17, 15) is 0 Å². The van der Waals surface area contributed by atoms with Crippen molar-refractivity contribution in [1.82, 2.24) is 14.9 Å². The Morgan fingerprint density at radius 2 is 2.06 bits per heavy atom. The third-order valence-electron chi connectivity index (χ3n) is 3.09. The van der Waals surface area contributed by atoms with Gasteiger partial charge in [-0.1, -0.05) is 28.1 Å². The number of aromatic nitrogens is 2. The number of imidazole rings is 1. The minimum absolute atomic E-state index is 0.221. The molecular formula is C14H18BrN3. The lowest BCUT2D eigenvalue weighted by Crippen LogP contribution is -2.24. The van der Waals surface area contributed by atoms with Crippen molar-refractivity contribution in [3.05, 3.63) is 52.5 Å². The summed E-state index contributed by atoms with van der Waals surface area (Å²) in [7, 11) is 2.02. The van der Waals surface area contributed by atoms with Crippen molar-refractivity contribution >= 4 is 15.9 Å². The lowest BCUT2D eigenvalue weighted by atomic mass is 10.1. The van der Waals surface area contributed by atoms with E-state index in [2.05, 4.69) is 58.3 Å². The summed E-state index contributed by atoms with van der Waals surface area (Å²) in [6.45, 7) is 4.30. The zero-order valence-electron chi connectivity index (χ0n) is 10.9. The Labute approximate surface area is 116 Å². The van der Waals surface area contributed by atoms with Crippen molar-refractivity contribution in [2.45, 2.75) is 25.9 Å². The average Bonchev–Trinajstić information content (AvgIpc) is 2.75. The first-order valence-corrected chi connectivity index (χ1v) is 6.86. The van der Waals surface area contributed by atoms with E-state index in [1.54, 1.807) is 0 Å². The van der Waals surface area contributed by atoms with E-state index in [0.717, 1.165) is 10.3 Å². The molecule has 0 aliphatic heterocycles. The van der Waals surface area contributed by atoms with Crippen LogP contribution in [0.25, 0.3) is 0 Å². The molecule has 0 saturated heterocycles. The molecule has 1 aromatic carbocycles. The number of halogens is 1. The molecule has 96 valence electrons. The van der Waals surface area contributed by atoms with Crippen LogP contribution in [0.2, 0.25) is 0 Å². The van der Waals surface area contributed by atoms with Gasteiger partial charge in [-0.3, -0.25) is 0 Å². The highest BCUT2D eigenvalue weighted by Gasteiger charge is 2.14. The Morgan fingerprint density at radius 1 is 1.28 bits per heavy atom. The molecule has 2 unspecified atom stereocenters. The minimum atomic E-state index is 0.221. The van der Waals surface area contributed by atoms with Crippen molar-refractivity contribution in [2.24, 2.45) is 7.05 Å². The number of hydrogen-bond acceptors (Lipinski definition) is 2. The zero-order valence-corrected chi connectivity index (χ0v) is 12.5. The molecule has 0 amide bonds. The summed E-state index contributed by atoms with van der Waals surface area (Å²) in [6.07, 6.45) is 3.80. The Morgan fingerprint density at radius 3 is 2.67 bits per heavy atom. The first kappa shape index (κ1) is 13.3. The smallest absolute Gasteiger partial charge is 0.125 e. The lowest BCUT2D eigenvalue weighted by Gasteiger charge is -2.20. The number of nitrogens with zero attached hydrogens (tertiary/aromatic N) is 2. The molecule has 0 aliphatic rings. The second-order valence-corrected chi connectivity index (χ2v) is 5.48. The van der Waals surface area contributed by atoms with E-state index in [4.69, 9.17) is 0 Å². The second kappa shape index (κ2) is 5.67. The Kier molecular flexibility index (Phi) is 4.19. The fourth-order valence-corrected chi connectivity index (χ4v) is 2.53. The van der Waals surface area contributed by atoms with Crippen LogP contribution in [0, 0.1) is 0 Å². The van der Waals surface area contributed by atoms with Gasteiger partial charge < -0.3 is 9.88 Å². The van der Waals surface area contributed by atoms with Crippen LogP contribution in [0.4, 0.5) is 0 Å². The van der Waals surface area contributed by atoms with Crippen LogP contribution in [-0.2, 0) is 7.05 Å². The largest absolute Gasteiger partial charge is 0.337 e. The van der Waals surface area contributed by atoms with Crippen LogP contribution in [0.3, 0.4) is 0 Å². The SMILES string of the molecule is CC(NC(C)c1nccn1C)c1cccc(Br)c1. The summed E-state index contributed by atoms with van der Waals surface area (Å²) in [4.78, 5) is 4.37. The van der Waals surface area contributed by atoms with Gasteiger partial charge in [-0.25, -0.2) is 4.98 Å². The van der Waals surface area contributed by atoms with Gasteiger partial charge in [-0.05, 0) is 31.5 Å². The second-order valence-electron chi connectivity index (χ2n) is 4.56. The minimum Gasteiger partial charge on any atom is -0.337 e. The number of nitrogens with one attached hydrogen (secondary N) is 1. The molecule has 1 aromatic heterocycles. The van der Waals surface area contributed by atoms with Gasteiger partial charge in [0.1, 0.15) is 5.82 Å². The summed E-state index contributed by atoms with van der Waals surface area (Å²) in [5.41, 5.74) is 1.27. The molecule has 2 rings (SSSR count). The summed E-state index contributed by atoms with van der Waals surface area (Å²) < 4.78 is 3.16. The molecule has 3 nitrogen and oxygen atoms in total. The highest BCUT2D eigenvalue weighted by atomic mass is 79.9. The summed E-state index contributed by atoms with van der Waals surface area (Å²) in [5, 5.41) is 3.56. The van der Waals surface area contributed by atoms with Gasteiger partial charge >= 0.3 is 0 Å². The standard InChI is InChI=1S/C14H18BrN3/c1-10(12-5-4-6-13(15)9-12)17-11(2)14-16-7-8-18(14)3/h4-11,17H,1-3H3. The third-order valence-corrected chi connectivity index (χ3v) is 3.59. The predicted molar refractivity (Wildman–Crippen MR) is 77.3 cm³/mol. The number of aryl methyl sites for hydroxylation is 1. The summed E-state index contributed by atoms with van der Waals surface area (Å²) in [5.74, 6) is 1.05. The van der Waals surface area contributed by atoms with E-state index in [0.29, 0.717) is 0 Å². The van der Waals surface area contributed by atoms with Crippen LogP contribution in [0.1, 0.15) is 37.3 Å². The van der Waals surface area contributed by atoms with Crippen molar-refractivity contribution < 1.29 is 0 Å². The third kappa shape index (κ3) is 3.00. The van der Waals surface area contributed by atoms with Gasteiger partial charge in [0.05, 0.1) is 6.04 Å². The van der Waals surface area contributed by atoms with Gasteiger partial charge in [0.2, 0.25) is 0 Å². The lowest BCUT2D eigenvalue weighted by molar-refractivity contribution is 0.467. The molecule has 2 atom stereocenters. The van der Waals surface area contributed by atoms with Crippen LogP contribution in [0.5, 0.6) is 0 Å². The van der Waals surface area contributed by atoms with E-state index in [1.807, 2.05) is 30.1 Å². The number of hydrogen-bond donors (Lipinski definition) is 1. The quantitative estimate of drug-likeness (QED) is 0.935. The molecule has 1 N–H and O–H groups in total. The monoisotopic (exact) mass is 307 g/mol. The number of benzene rings is 1. The Hall–Kier alpha value is -1.13. The first-order chi connectivity index (χ1) is 8.58. The molecule has 0 saturated carbocycles. The Bertz CT molecular complexity index is 521. The molecule has 1 heterocycles. The molecular weight excluding hydrogens is 290 g/mol. The topological polar surface area (TPSA) is 29.9 Å². The molecule has 0 fully saturated rings. The zero-order chi connectivity index (χ0) is 13.1. The van der Waals surface area contributed by atoms with E-state index < -0.39 is 0 Å². The summed E-state index contributed by atoms with van der Waals surface area (Å²) in [6, 6.07) is 8.88. The van der Waals surface area contributed by atoms with Crippen LogP contribution in [-0.4, -0.2) is 9.55 Å². The molecule has 0 radical (unpaired) electrons. The fraction of sp³-hybridized carbons (Fsp3) is 0.357. The normalized spacial score (nSPS) is 14.4. The highest BCUT2D eigenvalue weighted by Crippen LogP contribution is 2.21. The number of rotatable bonds is 4. The van der Waals surface area contributed by atoms with Gasteiger partial charge in [-0.2, -0.15) is 0 Å². The first-order valence-electron chi connectivity index (χ1n) is 6.06. The van der Waals surface area contributed by atoms with E-state index in [-0.39, 0.29) is 12.1 Å². The van der Waals surface area contributed by atoms with Crippen LogP contribution >= 0.6 is 15.9 Å². The van der Waals surface area contributed by atoms with Gasteiger partial charge in [0, 0.05) is 30.0 Å². The maximum atomic E-state index is 4.37. The van der Waals surface area contributed by atoms with Crippen LogP contribution in [0.15, 0.2) is 41.1 Å². The molecule has 0 spiro atoms. The molecule has 4 heteroatoms. The van der Waals surface area contributed by atoms with Gasteiger partial charge in [0.25, 0.3) is 0 Å². The van der Waals surface area contributed by atoms with Gasteiger partial charge in [0.15, 0.2) is 0 Å². The Balaban J connectivity index is 2.08. The van der Waals surface area contributed by atoms with Gasteiger partial charge in [-0.15, -0.1) is 0 Å². The maximum absolute atomic E-state index is 4.37. The van der Waals surface area contributed by atoms with E-state index >= 15 is 0 Å². The average molecular weight is 308 g/mol. The van der Waals surface area contributed by atoms with Crippen molar-refractivity contribution in [1.29, 1.82) is 0 Å². The predicted octanol–water partition coefficient (Wildman–Crippen LogP) is 3.59. The molecule has 0 bridgehead atoms. The molecule has 18 heavy (non-hydrogen) atoms.